The van der Waals surface area contributed by atoms with E-state index in [-0.39, 0.29) is 17.1 Å². The van der Waals surface area contributed by atoms with E-state index in [1.807, 2.05) is 38.1 Å². The van der Waals surface area contributed by atoms with Crippen LogP contribution in [0.3, 0.4) is 0 Å². The van der Waals surface area contributed by atoms with Crippen molar-refractivity contribution in [2.24, 2.45) is 5.92 Å². The lowest BCUT2D eigenvalue weighted by Crippen LogP contribution is -2.45. The average molecular weight is 293 g/mol. The quantitative estimate of drug-likeness (QED) is 0.874. The second-order valence-electron chi connectivity index (χ2n) is 5.45. The molecule has 1 heterocycles. The van der Waals surface area contributed by atoms with Gasteiger partial charge >= 0.3 is 5.97 Å². The Morgan fingerprint density at radius 2 is 2.10 bits per heavy atom. The van der Waals surface area contributed by atoms with Gasteiger partial charge in [-0.25, -0.2) is 4.79 Å². The molecule has 1 aromatic rings. The van der Waals surface area contributed by atoms with Crippen molar-refractivity contribution in [1.29, 1.82) is 0 Å². The molecule has 5 heteroatoms. The van der Waals surface area contributed by atoms with Crippen LogP contribution in [0.15, 0.2) is 29.2 Å². The van der Waals surface area contributed by atoms with E-state index in [1.165, 1.54) is 11.8 Å². The van der Waals surface area contributed by atoms with Crippen molar-refractivity contribution in [3.05, 3.63) is 29.8 Å². The third-order valence-electron chi connectivity index (χ3n) is 3.26. The first kappa shape index (κ1) is 14.9. The number of hydrogen-bond donors (Lipinski definition) is 2. The van der Waals surface area contributed by atoms with Gasteiger partial charge in [-0.3, -0.25) is 4.79 Å². The predicted octanol–water partition coefficient (Wildman–Crippen LogP) is 2.32. The number of carboxylic acid groups (broad SMARTS) is 1. The SMILES string of the molecule is CC(C)CC(NC(=O)C1Cc2ccccc2S1)C(=O)O. The van der Waals surface area contributed by atoms with Gasteiger partial charge in [0.25, 0.3) is 0 Å². The van der Waals surface area contributed by atoms with E-state index in [4.69, 9.17) is 5.11 Å². The van der Waals surface area contributed by atoms with E-state index in [0.29, 0.717) is 12.8 Å². The molecule has 0 aliphatic carbocycles. The minimum atomic E-state index is -0.965. The van der Waals surface area contributed by atoms with Crippen LogP contribution in [0.1, 0.15) is 25.8 Å². The minimum absolute atomic E-state index is 0.181. The molecule has 0 saturated carbocycles. The first-order valence-electron chi connectivity index (χ1n) is 6.75. The van der Waals surface area contributed by atoms with Gasteiger partial charge < -0.3 is 10.4 Å². The van der Waals surface area contributed by atoms with Crippen molar-refractivity contribution < 1.29 is 14.7 Å². The summed E-state index contributed by atoms with van der Waals surface area (Å²) in [6, 6.07) is 7.12. The second kappa shape index (κ2) is 6.31. The van der Waals surface area contributed by atoms with Gasteiger partial charge in [0.05, 0.1) is 5.25 Å². The van der Waals surface area contributed by atoms with E-state index in [1.54, 1.807) is 0 Å². The topological polar surface area (TPSA) is 66.4 Å². The molecule has 0 fully saturated rings. The highest BCUT2D eigenvalue weighted by Gasteiger charge is 2.31. The Balaban J connectivity index is 1.97. The Labute approximate surface area is 123 Å². The lowest BCUT2D eigenvalue weighted by molar-refractivity contribution is -0.142. The molecule has 108 valence electrons. The van der Waals surface area contributed by atoms with E-state index in [9.17, 15) is 9.59 Å². The molecule has 2 atom stereocenters. The highest BCUT2D eigenvalue weighted by Crippen LogP contribution is 2.36. The van der Waals surface area contributed by atoms with Crippen LogP contribution in [0.5, 0.6) is 0 Å². The summed E-state index contributed by atoms with van der Waals surface area (Å²) in [5, 5.41) is 11.6. The van der Waals surface area contributed by atoms with Crippen LogP contribution in [0.25, 0.3) is 0 Å². The molecular formula is C15H19NO3S. The van der Waals surface area contributed by atoms with Gasteiger partial charge in [0.1, 0.15) is 6.04 Å². The van der Waals surface area contributed by atoms with Crippen LogP contribution in [-0.4, -0.2) is 28.3 Å². The van der Waals surface area contributed by atoms with E-state index >= 15 is 0 Å². The normalized spacial score (nSPS) is 18.6. The Kier molecular flexibility index (Phi) is 4.70. The molecule has 1 aromatic carbocycles. The second-order valence-corrected chi connectivity index (χ2v) is 6.69. The maximum absolute atomic E-state index is 12.2. The number of rotatable bonds is 5. The number of carbonyl (C=O) groups is 2. The molecule has 2 N–H and O–H groups in total. The summed E-state index contributed by atoms with van der Waals surface area (Å²) in [6.45, 7) is 3.89. The van der Waals surface area contributed by atoms with E-state index in [2.05, 4.69) is 5.32 Å². The summed E-state index contributed by atoms with van der Waals surface area (Å²) in [5.74, 6) is -0.920. The van der Waals surface area contributed by atoms with Gasteiger partial charge in [0.2, 0.25) is 5.91 Å². The maximum atomic E-state index is 12.2. The summed E-state index contributed by atoms with van der Waals surface area (Å²) in [7, 11) is 0. The number of carbonyl (C=O) groups excluding carboxylic acids is 1. The predicted molar refractivity (Wildman–Crippen MR) is 78.8 cm³/mol. The molecule has 20 heavy (non-hydrogen) atoms. The molecule has 1 amide bonds. The first-order valence-corrected chi connectivity index (χ1v) is 7.63. The molecule has 0 saturated heterocycles. The number of carboxylic acids is 1. The van der Waals surface area contributed by atoms with Crippen molar-refractivity contribution in [2.75, 3.05) is 0 Å². The molecular weight excluding hydrogens is 274 g/mol. The van der Waals surface area contributed by atoms with Gasteiger partial charge in [-0.05, 0) is 30.4 Å². The number of nitrogens with one attached hydrogen (secondary N) is 1. The van der Waals surface area contributed by atoms with Crippen LogP contribution < -0.4 is 5.32 Å². The van der Waals surface area contributed by atoms with Crippen LogP contribution >= 0.6 is 11.8 Å². The largest absolute Gasteiger partial charge is 0.480 e. The number of benzene rings is 1. The van der Waals surface area contributed by atoms with E-state index < -0.39 is 12.0 Å². The maximum Gasteiger partial charge on any atom is 0.326 e. The number of aliphatic carboxylic acids is 1. The summed E-state index contributed by atoms with van der Waals surface area (Å²) in [5.41, 5.74) is 1.16. The zero-order valence-electron chi connectivity index (χ0n) is 11.6. The monoisotopic (exact) mass is 293 g/mol. The average Bonchev–Trinajstić information content (AvgIpc) is 2.81. The fourth-order valence-electron chi connectivity index (χ4n) is 2.29. The number of amides is 1. The molecule has 1 aliphatic heterocycles. The smallest absolute Gasteiger partial charge is 0.326 e. The van der Waals surface area contributed by atoms with Crippen LogP contribution in [0.2, 0.25) is 0 Å². The van der Waals surface area contributed by atoms with Crippen LogP contribution in [0.4, 0.5) is 0 Å². The first-order chi connectivity index (χ1) is 9.47. The van der Waals surface area contributed by atoms with Crippen molar-refractivity contribution in [2.45, 2.75) is 42.9 Å². The van der Waals surface area contributed by atoms with Gasteiger partial charge in [0.15, 0.2) is 0 Å². The zero-order chi connectivity index (χ0) is 14.7. The molecule has 0 aromatic heterocycles. The van der Waals surface area contributed by atoms with Crippen molar-refractivity contribution in [3.63, 3.8) is 0 Å². The summed E-state index contributed by atoms with van der Waals surface area (Å²) in [6.07, 6.45) is 1.12. The summed E-state index contributed by atoms with van der Waals surface area (Å²) < 4.78 is 0. The van der Waals surface area contributed by atoms with Crippen molar-refractivity contribution in [1.82, 2.24) is 5.32 Å². The fraction of sp³-hybridized carbons (Fsp3) is 0.467. The number of hydrogen-bond acceptors (Lipinski definition) is 3. The molecule has 2 rings (SSSR count). The standard InChI is InChI=1S/C15H19NO3S/c1-9(2)7-11(15(18)19)16-14(17)13-8-10-5-3-4-6-12(10)20-13/h3-6,9,11,13H,7-8H2,1-2H3,(H,16,17)(H,18,19). The van der Waals surface area contributed by atoms with Crippen molar-refractivity contribution >= 4 is 23.6 Å². The molecule has 4 nitrogen and oxygen atoms in total. The summed E-state index contributed by atoms with van der Waals surface area (Å²) >= 11 is 1.51. The summed E-state index contributed by atoms with van der Waals surface area (Å²) in [4.78, 5) is 24.5. The number of thioether (sulfide) groups is 1. The highest BCUT2D eigenvalue weighted by molar-refractivity contribution is 8.01. The highest BCUT2D eigenvalue weighted by atomic mass is 32.2. The Bertz CT molecular complexity index is 491. The zero-order valence-corrected chi connectivity index (χ0v) is 12.4. The molecule has 0 radical (unpaired) electrons. The van der Waals surface area contributed by atoms with Crippen LogP contribution in [0, 0.1) is 5.92 Å². The molecule has 0 bridgehead atoms. The Hall–Kier alpha value is -1.49. The Morgan fingerprint density at radius 1 is 1.40 bits per heavy atom. The van der Waals surface area contributed by atoms with Gasteiger partial charge in [-0.1, -0.05) is 32.0 Å². The lowest BCUT2D eigenvalue weighted by Gasteiger charge is -2.18. The molecule has 2 unspecified atom stereocenters. The van der Waals surface area contributed by atoms with Crippen LogP contribution in [-0.2, 0) is 16.0 Å². The minimum Gasteiger partial charge on any atom is -0.480 e. The fourth-order valence-corrected chi connectivity index (χ4v) is 3.49. The Morgan fingerprint density at radius 3 is 2.70 bits per heavy atom. The van der Waals surface area contributed by atoms with Gasteiger partial charge in [-0.2, -0.15) is 0 Å². The number of fused-ring (bicyclic) bond motifs is 1. The molecule has 1 aliphatic rings. The third-order valence-corrected chi connectivity index (χ3v) is 4.58. The lowest BCUT2D eigenvalue weighted by atomic mass is 10.0. The van der Waals surface area contributed by atoms with E-state index in [0.717, 1.165) is 10.5 Å². The third kappa shape index (κ3) is 3.54. The van der Waals surface area contributed by atoms with Gasteiger partial charge in [0, 0.05) is 4.90 Å². The van der Waals surface area contributed by atoms with Gasteiger partial charge in [-0.15, -0.1) is 11.8 Å². The van der Waals surface area contributed by atoms with Crippen molar-refractivity contribution in [3.8, 4) is 0 Å². The molecule has 0 spiro atoms.